The van der Waals surface area contributed by atoms with E-state index in [-0.39, 0.29) is 18.9 Å². The number of hydrogen-bond acceptors (Lipinski definition) is 3. The second kappa shape index (κ2) is 7.78. The number of rotatable bonds is 7. The molecule has 1 N–H and O–H groups in total. The van der Waals surface area contributed by atoms with Gasteiger partial charge in [-0.15, -0.1) is 0 Å². The number of carboxylic acid groups (broad SMARTS) is 1. The quantitative estimate of drug-likeness (QED) is 0.778. The van der Waals surface area contributed by atoms with Gasteiger partial charge in [-0.05, 0) is 34.5 Å². The van der Waals surface area contributed by atoms with Crippen LogP contribution in [0.5, 0.6) is 5.75 Å². The van der Waals surface area contributed by atoms with Crippen LogP contribution in [0.15, 0.2) is 28.7 Å². The van der Waals surface area contributed by atoms with E-state index >= 15 is 0 Å². The molecule has 0 heterocycles. The van der Waals surface area contributed by atoms with E-state index in [2.05, 4.69) is 15.9 Å². The zero-order chi connectivity index (χ0) is 14.3. The molecule has 5 nitrogen and oxygen atoms in total. The van der Waals surface area contributed by atoms with Crippen molar-refractivity contribution < 1.29 is 19.4 Å². The standard InChI is InChI=1S/C13H16BrNO4/c1-15(9-13(17)18)12(16)7-4-8-19-11-6-3-2-5-10(11)14/h2-3,5-6H,4,7-9H2,1H3,(H,17,18). The molecule has 0 saturated heterocycles. The van der Waals surface area contributed by atoms with E-state index < -0.39 is 5.97 Å². The van der Waals surface area contributed by atoms with E-state index in [1.807, 2.05) is 24.3 Å². The van der Waals surface area contributed by atoms with Crippen LogP contribution in [0.2, 0.25) is 0 Å². The van der Waals surface area contributed by atoms with Crippen molar-refractivity contribution in [1.29, 1.82) is 0 Å². The minimum Gasteiger partial charge on any atom is -0.492 e. The first-order valence-corrected chi connectivity index (χ1v) is 6.63. The lowest BCUT2D eigenvalue weighted by atomic mass is 10.3. The summed E-state index contributed by atoms with van der Waals surface area (Å²) in [5, 5.41) is 8.56. The van der Waals surface area contributed by atoms with Gasteiger partial charge in [0.05, 0.1) is 11.1 Å². The van der Waals surface area contributed by atoms with Gasteiger partial charge < -0.3 is 14.7 Å². The Hall–Kier alpha value is -1.56. The predicted molar refractivity (Wildman–Crippen MR) is 74.1 cm³/mol. The summed E-state index contributed by atoms with van der Waals surface area (Å²) in [6.07, 6.45) is 0.818. The van der Waals surface area contributed by atoms with Crippen molar-refractivity contribution >= 4 is 27.8 Å². The molecule has 1 rings (SSSR count). The third-order valence-corrected chi connectivity index (χ3v) is 3.08. The van der Waals surface area contributed by atoms with Gasteiger partial charge in [0.2, 0.25) is 5.91 Å². The second-order valence-corrected chi connectivity index (χ2v) is 4.88. The van der Waals surface area contributed by atoms with Gasteiger partial charge in [-0.3, -0.25) is 9.59 Å². The van der Waals surface area contributed by atoms with Crippen molar-refractivity contribution in [3.63, 3.8) is 0 Å². The largest absolute Gasteiger partial charge is 0.492 e. The molecule has 0 radical (unpaired) electrons. The molecular weight excluding hydrogens is 314 g/mol. The topological polar surface area (TPSA) is 66.8 Å². The summed E-state index contributed by atoms with van der Waals surface area (Å²) in [5.41, 5.74) is 0. The molecule has 1 aromatic carbocycles. The van der Waals surface area contributed by atoms with Crippen LogP contribution >= 0.6 is 15.9 Å². The lowest BCUT2D eigenvalue weighted by molar-refractivity contribution is -0.143. The number of ether oxygens (including phenoxy) is 1. The van der Waals surface area contributed by atoms with Crippen LogP contribution in [-0.2, 0) is 9.59 Å². The number of halogens is 1. The van der Waals surface area contributed by atoms with Gasteiger partial charge in [-0.1, -0.05) is 12.1 Å². The van der Waals surface area contributed by atoms with Gasteiger partial charge in [0.1, 0.15) is 12.3 Å². The number of nitrogens with zero attached hydrogens (tertiary/aromatic N) is 1. The van der Waals surface area contributed by atoms with Gasteiger partial charge in [-0.25, -0.2) is 0 Å². The lowest BCUT2D eigenvalue weighted by Gasteiger charge is -2.14. The van der Waals surface area contributed by atoms with Crippen LogP contribution < -0.4 is 4.74 Å². The third kappa shape index (κ3) is 5.74. The predicted octanol–water partition coefficient (Wildman–Crippen LogP) is 2.15. The normalized spacial score (nSPS) is 10.0. The van der Waals surface area contributed by atoms with Crippen LogP contribution in [-0.4, -0.2) is 42.1 Å². The molecule has 0 aliphatic rings. The van der Waals surface area contributed by atoms with E-state index in [1.165, 1.54) is 11.9 Å². The molecule has 6 heteroatoms. The van der Waals surface area contributed by atoms with E-state index in [0.29, 0.717) is 13.0 Å². The molecule has 0 bridgehead atoms. The fourth-order valence-electron chi connectivity index (χ4n) is 1.45. The molecule has 1 aromatic rings. The zero-order valence-corrected chi connectivity index (χ0v) is 12.2. The summed E-state index contributed by atoms with van der Waals surface area (Å²) < 4.78 is 6.38. The highest BCUT2D eigenvalue weighted by Crippen LogP contribution is 2.23. The monoisotopic (exact) mass is 329 g/mol. The molecule has 0 aromatic heterocycles. The summed E-state index contributed by atoms with van der Waals surface area (Å²) in [5.74, 6) is -0.479. The highest BCUT2D eigenvalue weighted by atomic mass is 79.9. The number of carboxylic acids is 1. The van der Waals surface area contributed by atoms with Gasteiger partial charge in [0, 0.05) is 13.5 Å². The average Bonchev–Trinajstić information content (AvgIpc) is 2.35. The Kier molecular flexibility index (Phi) is 6.35. The Morgan fingerprint density at radius 3 is 2.68 bits per heavy atom. The first-order valence-electron chi connectivity index (χ1n) is 5.84. The van der Waals surface area contributed by atoms with Crippen molar-refractivity contribution in [3.8, 4) is 5.75 Å². The summed E-state index contributed by atoms with van der Waals surface area (Å²) in [6.45, 7) is 0.138. The SMILES string of the molecule is CN(CC(=O)O)C(=O)CCCOc1ccccc1Br. The molecule has 0 aliphatic heterocycles. The van der Waals surface area contributed by atoms with Gasteiger partial charge >= 0.3 is 5.97 Å². The summed E-state index contributed by atoms with van der Waals surface area (Å²) in [4.78, 5) is 23.2. The maximum Gasteiger partial charge on any atom is 0.323 e. The maximum absolute atomic E-state index is 11.6. The maximum atomic E-state index is 11.6. The molecule has 0 saturated carbocycles. The Morgan fingerprint density at radius 1 is 1.37 bits per heavy atom. The molecule has 0 aliphatic carbocycles. The first kappa shape index (κ1) is 15.5. The van der Waals surface area contributed by atoms with Crippen molar-refractivity contribution in [1.82, 2.24) is 4.90 Å². The Balaban J connectivity index is 2.26. The number of amides is 1. The molecule has 0 unspecified atom stereocenters. The van der Waals surface area contributed by atoms with Crippen molar-refractivity contribution in [3.05, 3.63) is 28.7 Å². The number of carbonyl (C=O) groups is 2. The molecule has 104 valence electrons. The fourth-order valence-corrected chi connectivity index (χ4v) is 1.85. The van der Waals surface area contributed by atoms with Gasteiger partial charge in [0.25, 0.3) is 0 Å². The zero-order valence-electron chi connectivity index (χ0n) is 10.6. The van der Waals surface area contributed by atoms with Crippen LogP contribution in [0.1, 0.15) is 12.8 Å². The molecular formula is C13H16BrNO4. The summed E-state index contributed by atoms with van der Waals surface area (Å²) >= 11 is 3.36. The van der Waals surface area contributed by atoms with Crippen molar-refractivity contribution in [2.45, 2.75) is 12.8 Å². The Labute approximate surface area is 120 Å². The first-order chi connectivity index (χ1) is 9.00. The van der Waals surface area contributed by atoms with Crippen LogP contribution in [0.25, 0.3) is 0 Å². The molecule has 0 spiro atoms. The van der Waals surface area contributed by atoms with Crippen molar-refractivity contribution in [2.75, 3.05) is 20.2 Å². The minimum absolute atomic E-state index is 0.196. The average molecular weight is 330 g/mol. The Bertz CT molecular complexity index is 450. The van der Waals surface area contributed by atoms with Crippen LogP contribution in [0, 0.1) is 0 Å². The number of likely N-dealkylation sites (N-methyl/N-ethyl adjacent to an activating group) is 1. The number of benzene rings is 1. The number of hydrogen-bond donors (Lipinski definition) is 1. The van der Waals surface area contributed by atoms with Crippen LogP contribution in [0.3, 0.4) is 0 Å². The van der Waals surface area contributed by atoms with E-state index in [9.17, 15) is 9.59 Å². The van der Waals surface area contributed by atoms with E-state index in [0.717, 1.165) is 10.2 Å². The van der Waals surface area contributed by atoms with Gasteiger partial charge in [0.15, 0.2) is 0 Å². The third-order valence-electron chi connectivity index (χ3n) is 2.43. The van der Waals surface area contributed by atoms with Crippen molar-refractivity contribution in [2.24, 2.45) is 0 Å². The smallest absolute Gasteiger partial charge is 0.323 e. The van der Waals surface area contributed by atoms with E-state index in [1.54, 1.807) is 0 Å². The molecule has 0 atom stereocenters. The molecule has 0 fully saturated rings. The lowest BCUT2D eigenvalue weighted by Crippen LogP contribution is -2.31. The number of aliphatic carboxylic acids is 1. The van der Waals surface area contributed by atoms with E-state index in [4.69, 9.17) is 9.84 Å². The van der Waals surface area contributed by atoms with Gasteiger partial charge in [-0.2, -0.15) is 0 Å². The highest BCUT2D eigenvalue weighted by molar-refractivity contribution is 9.10. The highest BCUT2D eigenvalue weighted by Gasteiger charge is 2.11. The summed E-state index contributed by atoms with van der Waals surface area (Å²) in [6, 6.07) is 7.47. The van der Waals surface area contributed by atoms with Crippen LogP contribution in [0.4, 0.5) is 0 Å². The fraction of sp³-hybridized carbons (Fsp3) is 0.385. The molecule has 1 amide bonds. The molecule has 19 heavy (non-hydrogen) atoms. The second-order valence-electron chi connectivity index (χ2n) is 4.03. The minimum atomic E-state index is -1.01. The number of carbonyl (C=O) groups excluding carboxylic acids is 1. The number of para-hydroxylation sites is 1. The summed E-state index contributed by atoms with van der Waals surface area (Å²) in [7, 11) is 1.48. The Morgan fingerprint density at radius 2 is 2.05 bits per heavy atom.